The summed E-state index contributed by atoms with van der Waals surface area (Å²) in [5.74, 6) is 0.256. The van der Waals surface area contributed by atoms with Crippen molar-refractivity contribution in [2.75, 3.05) is 0 Å². The number of benzene rings is 1. The molecular formula is C12H12O2. The van der Waals surface area contributed by atoms with Gasteiger partial charge in [0.1, 0.15) is 5.78 Å². The van der Waals surface area contributed by atoms with Gasteiger partial charge in [-0.25, -0.2) is 0 Å². The quantitative estimate of drug-likeness (QED) is 0.677. The summed E-state index contributed by atoms with van der Waals surface area (Å²) in [6, 6.07) is 7.43. The van der Waals surface area contributed by atoms with Crippen molar-refractivity contribution in [2.45, 2.75) is 25.7 Å². The standard InChI is InChI=1S/C12H12O2/c1-8(13)9-6-7-12(14)11-5-3-2-4-10(9)11/h2-5,9H,6-7H2,1H3. The molecule has 2 rings (SSSR count). The Bertz CT molecular complexity index is 393. The van der Waals surface area contributed by atoms with E-state index in [0.29, 0.717) is 12.8 Å². The van der Waals surface area contributed by atoms with Crippen LogP contribution in [0.25, 0.3) is 0 Å². The molecule has 1 aromatic rings. The summed E-state index contributed by atoms with van der Waals surface area (Å²) in [6.45, 7) is 1.59. The summed E-state index contributed by atoms with van der Waals surface area (Å²) >= 11 is 0. The van der Waals surface area contributed by atoms with Crippen LogP contribution in [0.2, 0.25) is 0 Å². The van der Waals surface area contributed by atoms with Crippen molar-refractivity contribution in [1.82, 2.24) is 0 Å². The summed E-state index contributed by atoms with van der Waals surface area (Å²) in [5, 5.41) is 0. The lowest BCUT2D eigenvalue weighted by molar-refractivity contribution is -0.118. The number of carbonyl (C=O) groups is 2. The summed E-state index contributed by atoms with van der Waals surface area (Å²) in [4.78, 5) is 22.9. The molecule has 1 aliphatic carbocycles. The lowest BCUT2D eigenvalue weighted by Gasteiger charge is -2.21. The monoisotopic (exact) mass is 188 g/mol. The molecule has 1 aromatic carbocycles. The van der Waals surface area contributed by atoms with Gasteiger partial charge in [-0.15, -0.1) is 0 Å². The summed E-state index contributed by atoms with van der Waals surface area (Å²) in [6.07, 6.45) is 1.17. The van der Waals surface area contributed by atoms with Crippen LogP contribution in [-0.4, -0.2) is 11.6 Å². The highest BCUT2D eigenvalue weighted by atomic mass is 16.1. The minimum absolute atomic E-state index is 0.0658. The first-order valence-corrected chi connectivity index (χ1v) is 4.82. The van der Waals surface area contributed by atoms with Crippen LogP contribution in [0.15, 0.2) is 24.3 Å². The van der Waals surface area contributed by atoms with E-state index in [9.17, 15) is 9.59 Å². The zero-order chi connectivity index (χ0) is 10.1. The van der Waals surface area contributed by atoms with E-state index in [1.54, 1.807) is 6.92 Å². The molecule has 72 valence electrons. The van der Waals surface area contributed by atoms with Gasteiger partial charge in [0.2, 0.25) is 0 Å². The maximum absolute atomic E-state index is 11.5. The number of hydrogen-bond donors (Lipinski definition) is 0. The molecular weight excluding hydrogens is 176 g/mol. The Morgan fingerprint density at radius 3 is 2.79 bits per heavy atom. The Balaban J connectivity index is 2.52. The van der Waals surface area contributed by atoms with Gasteiger partial charge >= 0.3 is 0 Å². The Labute approximate surface area is 82.9 Å². The number of Topliss-reactive ketones (excluding diaryl/α,β-unsaturated/α-hetero) is 2. The minimum Gasteiger partial charge on any atom is -0.299 e. The molecule has 1 unspecified atom stereocenters. The molecule has 0 fully saturated rings. The molecule has 0 aromatic heterocycles. The fraction of sp³-hybridized carbons (Fsp3) is 0.333. The van der Waals surface area contributed by atoms with E-state index in [1.807, 2.05) is 24.3 Å². The number of fused-ring (bicyclic) bond motifs is 1. The van der Waals surface area contributed by atoms with E-state index in [0.717, 1.165) is 11.1 Å². The largest absolute Gasteiger partial charge is 0.299 e. The van der Waals surface area contributed by atoms with E-state index in [2.05, 4.69) is 0 Å². The molecule has 0 bridgehead atoms. The van der Waals surface area contributed by atoms with Gasteiger partial charge in [-0.2, -0.15) is 0 Å². The van der Waals surface area contributed by atoms with Crippen molar-refractivity contribution >= 4 is 11.6 Å². The second-order valence-electron chi connectivity index (χ2n) is 3.71. The Kier molecular flexibility index (Phi) is 2.20. The maximum Gasteiger partial charge on any atom is 0.163 e. The van der Waals surface area contributed by atoms with E-state index in [1.165, 1.54) is 0 Å². The van der Waals surface area contributed by atoms with Crippen LogP contribution >= 0.6 is 0 Å². The lowest BCUT2D eigenvalue weighted by Crippen LogP contribution is -2.20. The van der Waals surface area contributed by atoms with Crippen LogP contribution < -0.4 is 0 Å². The van der Waals surface area contributed by atoms with E-state index < -0.39 is 0 Å². The van der Waals surface area contributed by atoms with Crippen molar-refractivity contribution < 1.29 is 9.59 Å². The van der Waals surface area contributed by atoms with Gasteiger partial charge in [-0.05, 0) is 18.9 Å². The van der Waals surface area contributed by atoms with E-state index >= 15 is 0 Å². The second-order valence-corrected chi connectivity index (χ2v) is 3.71. The minimum atomic E-state index is -0.0658. The van der Waals surface area contributed by atoms with Crippen molar-refractivity contribution in [3.05, 3.63) is 35.4 Å². The fourth-order valence-corrected chi connectivity index (χ4v) is 2.04. The zero-order valence-electron chi connectivity index (χ0n) is 8.12. The lowest BCUT2D eigenvalue weighted by atomic mass is 9.80. The molecule has 0 N–H and O–H groups in total. The Morgan fingerprint density at radius 2 is 2.07 bits per heavy atom. The predicted octanol–water partition coefficient (Wildman–Crippen LogP) is 2.34. The van der Waals surface area contributed by atoms with Gasteiger partial charge in [0.05, 0.1) is 0 Å². The van der Waals surface area contributed by atoms with Gasteiger partial charge in [-0.3, -0.25) is 9.59 Å². The Morgan fingerprint density at radius 1 is 1.36 bits per heavy atom. The van der Waals surface area contributed by atoms with Crippen LogP contribution in [0.5, 0.6) is 0 Å². The number of rotatable bonds is 1. The van der Waals surface area contributed by atoms with Gasteiger partial charge in [-0.1, -0.05) is 24.3 Å². The van der Waals surface area contributed by atoms with Crippen LogP contribution in [-0.2, 0) is 4.79 Å². The molecule has 0 radical (unpaired) electrons. The molecule has 1 atom stereocenters. The van der Waals surface area contributed by atoms with Crippen molar-refractivity contribution in [2.24, 2.45) is 0 Å². The Hall–Kier alpha value is -1.44. The molecule has 0 aliphatic heterocycles. The number of hydrogen-bond acceptors (Lipinski definition) is 2. The molecule has 2 nitrogen and oxygen atoms in total. The molecule has 0 saturated heterocycles. The average molecular weight is 188 g/mol. The molecule has 2 heteroatoms. The number of ketones is 2. The SMILES string of the molecule is CC(=O)C1CCC(=O)c2ccccc21. The first kappa shape index (κ1) is 9.13. The number of carbonyl (C=O) groups excluding carboxylic acids is 2. The highest BCUT2D eigenvalue weighted by Crippen LogP contribution is 2.31. The first-order chi connectivity index (χ1) is 6.70. The van der Waals surface area contributed by atoms with Crippen LogP contribution in [0, 0.1) is 0 Å². The molecule has 0 heterocycles. The molecule has 0 saturated carbocycles. The average Bonchev–Trinajstić information content (AvgIpc) is 2.18. The van der Waals surface area contributed by atoms with Gasteiger partial charge in [0.25, 0.3) is 0 Å². The molecule has 0 amide bonds. The smallest absolute Gasteiger partial charge is 0.163 e. The highest BCUT2D eigenvalue weighted by Gasteiger charge is 2.27. The van der Waals surface area contributed by atoms with E-state index in [4.69, 9.17) is 0 Å². The van der Waals surface area contributed by atoms with Crippen molar-refractivity contribution in [3.8, 4) is 0 Å². The molecule has 14 heavy (non-hydrogen) atoms. The third-order valence-corrected chi connectivity index (χ3v) is 2.79. The van der Waals surface area contributed by atoms with Crippen LogP contribution in [0.1, 0.15) is 41.6 Å². The van der Waals surface area contributed by atoms with E-state index in [-0.39, 0.29) is 17.5 Å². The third-order valence-electron chi connectivity index (χ3n) is 2.79. The predicted molar refractivity (Wildman–Crippen MR) is 53.4 cm³/mol. The third kappa shape index (κ3) is 1.37. The first-order valence-electron chi connectivity index (χ1n) is 4.82. The van der Waals surface area contributed by atoms with Crippen LogP contribution in [0.3, 0.4) is 0 Å². The summed E-state index contributed by atoms with van der Waals surface area (Å²) < 4.78 is 0. The summed E-state index contributed by atoms with van der Waals surface area (Å²) in [5.41, 5.74) is 1.65. The van der Waals surface area contributed by atoms with Crippen molar-refractivity contribution in [3.63, 3.8) is 0 Å². The molecule has 1 aliphatic rings. The van der Waals surface area contributed by atoms with Gasteiger partial charge in [0.15, 0.2) is 5.78 Å². The van der Waals surface area contributed by atoms with Crippen molar-refractivity contribution in [1.29, 1.82) is 0 Å². The second kappa shape index (κ2) is 3.37. The molecule has 0 spiro atoms. The topological polar surface area (TPSA) is 34.1 Å². The van der Waals surface area contributed by atoms with Gasteiger partial charge < -0.3 is 0 Å². The van der Waals surface area contributed by atoms with Gasteiger partial charge in [0, 0.05) is 17.9 Å². The zero-order valence-corrected chi connectivity index (χ0v) is 8.12. The van der Waals surface area contributed by atoms with Crippen LogP contribution in [0.4, 0.5) is 0 Å². The fourth-order valence-electron chi connectivity index (χ4n) is 2.04. The highest BCUT2D eigenvalue weighted by molar-refractivity contribution is 6.01. The maximum atomic E-state index is 11.5. The summed E-state index contributed by atoms with van der Waals surface area (Å²) in [7, 11) is 0. The normalized spacial score (nSPS) is 20.4.